The molecule has 0 aliphatic carbocycles. The van der Waals surface area contributed by atoms with Gasteiger partial charge in [-0.15, -0.1) is 0 Å². The minimum absolute atomic E-state index is 0.156. The summed E-state index contributed by atoms with van der Waals surface area (Å²) in [4.78, 5) is 4.19. The van der Waals surface area contributed by atoms with Gasteiger partial charge in [0, 0.05) is 32.5 Å². The van der Waals surface area contributed by atoms with Crippen LogP contribution < -0.4 is 5.32 Å². The van der Waals surface area contributed by atoms with E-state index in [1.807, 2.05) is 17.8 Å². The molecule has 1 fully saturated rings. The predicted octanol–water partition coefficient (Wildman–Crippen LogP) is 0.314. The van der Waals surface area contributed by atoms with Crippen molar-refractivity contribution in [3.63, 3.8) is 0 Å². The number of aryl methyl sites for hydroxylation is 1. The number of rotatable bonds is 4. The number of ether oxygens (including phenoxy) is 2. The van der Waals surface area contributed by atoms with Crippen LogP contribution in [-0.2, 0) is 23.1 Å². The highest BCUT2D eigenvalue weighted by Gasteiger charge is 2.18. The van der Waals surface area contributed by atoms with Crippen LogP contribution in [0, 0.1) is 0 Å². The number of nitrogens with one attached hydrogen (secondary N) is 1. The van der Waals surface area contributed by atoms with E-state index in [0.717, 1.165) is 18.9 Å². The Morgan fingerprint density at radius 1 is 1.62 bits per heavy atom. The van der Waals surface area contributed by atoms with Gasteiger partial charge in [0.15, 0.2) is 0 Å². The van der Waals surface area contributed by atoms with Crippen LogP contribution in [0.1, 0.15) is 12.7 Å². The summed E-state index contributed by atoms with van der Waals surface area (Å²) in [5.41, 5.74) is 0. The Kier molecular flexibility index (Phi) is 3.93. The van der Waals surface area contributed by atoms with E-state index in [1.165, 1.54) is 0 Å². The van der Waals surface area contributed by atoms with Crippen molar-refractivity contribution >= 4 is 0 Å². The molecular formula is C11H19N3O2. The van der Waals surface area contributed by atoms with Crippen molar-refractivity contribution in [2.45, 2.75) is 25.7 Å². The molecule has 2 unspecified atom stereocenters. The maximum atomic E-state index is 5.72. The van der Waals surface area contributed by atoms with Crippen LogP contribution in [0.3, 0.4) is 0 Å². The molecule has 2 atom stereocenters. The van der Waals surface area contributed by atoms with Crippen molar-refractivity contribution in [1.29, 1.82) is 0 Å². The normalized spacial score (nSPS) is 25.9. The van der Waals surface area contributed by atoms with E-state index in [0.29, 0.717) is 13.2 Å². The number of aromatic nitrogens is 2. The highest BCUT2D eigenvalue weighted by molar-refractivity contribution is 4.88. The summed E-state index contributed by atoms with van der Waals surface area (Å²) in [7, 11) is 1.96. The third kappa shape index (κ3) is 3.04. The van der Waals surface area contributed by atoms with Gasteiger partial charge in [-0.1, -0.05) is 0 Å². The zero-order valence-corrected chi connectivity index (χ0v) is 9.85. The molecule has 0 radical (unpaired) electrons. The molecular weight excluding hydrogens is 206 g/mol. The molecule has 2 rings (SSSR count). The van der Waals surface area contributed by atoms with E-state index in [4.69, 9.17) is 9.47 Å². The topological polar surface area (TPSA) is 48.3 Å². The summed E-state index contributed by atoms with van der Waals surface area (Å²) in [5.74, 6) is 0.941. The second-order valence-corrected chi connectivity index (χ2v) is 4.20. The number of hydrogen-bond donors (Lipinski definition) is 1. The van der Waals surface area contributed by atoms with Crippen LogP contribution in [0.25, 0.3) is 0 Å². The van der Waals surface area contributed by atoms with E-state index >= 15 is 0 Å². The average molecular weight is 225 g/mol. The van der Waals surface area contributed by atoms with Gasteiger partial charge in [0.25, 0.3) is 0 Å². The molecule has 5 heteroatoms. The highest BCUT2D eigenvalue weighted by Crippen LogP contribution is 2.05. The van der Waals surface area contributed by atoms with Crippen molar-refractivity contribution in [2.24, 2.45) is 7.05 Å². The number of imidazole rings is 1. The molecule has 1 aliphatic heterocycles. The zero-order chi connectivity index (χ0) is 11.4. The summed E-state index contributed by atoms with van der Waals surface area (Å²) < 4.78 is 13.3. The van der Waals surface area contributed by atoms with Crippen molar-refractivity contribution < 1.29 is 9.47 Å². The number of nitrogens with zero attached hydrogens (tertiary/aromatic N) is 2. The second-order valence-electron chi connectivity index (χ2n) is 4.20. The highest BCUT2D eigenvalue weighted by atomic mass is 16.5. The summed E-state index contributed by atoms with van der Waals surface area (Å²) in [5, 5.41) is 3.31. The standard InChI is InChI=1S/C11H19N3O2/c1-9-5-12-6-10(16-9)7-15-8-11-13-3-4-14(11)2/h3-4,9-10,12H,5-8H2,1-2H3. The molecule has 1 aromatic rings. The molecule has 90 valence electrons. The SMILES string of the molecule is CC1CNCC(COCc2nccn2C)O1. The molecule has 0 bridgehead atoms. The fourth-order valence-corrected chi connectivity index (χ4v) is 1.79. The van der Waals surface area contributed by atoms with Gasteiger partial charge in [-0.05, 0) is 6.92 Å². The predicted molar refractivity (Wildman–Crippen MR) is 60.1 cm³/mol. The zero-order valence-electron chi connectivity index (χ0n) is 9.85. The van der Waals surface area contributed by atoms with Crippen LogP contribution in [-0.4, -0.2) is 41.5 Å². The Morgan fingerprint density at radius 3 is 3.19 bits per heavy atom. The minimum Gasteiger partial charge on any atom is -0.371 e. The Balaban J connectivity index is 1.70. The molecule has 1 aromatic heterocycles. The molecule has 1 saturated heterocycles. The first-order valence-electron chi connectivity index (χ1n) is 5.66. The average Bonchev–Trinajstić information content (AvgIpc) is 2.65. The first-order chi connectivity index (χ1) is 7.75. The third-order valence-corrected chi connectivity index (χ3v) is 2.68. The summed E-state index contributed by atoms with van der Waals surface area (Å²) >= 11 is 0. The minimum atomic E-state index is 0.156. The van der Waals surface area contributed by atoms with Gasteiger partial charge in [-0.3, -0.25) is 0 Å². The van der Waals surface area contributed by atoms with Crippen LogP contribution >= 0.6 is 0 Å². The molecule has 5 nitrogen and oxygen atoms in total. The fraction of sp³-hybridized carbons (Fsp3) is 0.727. The van der Waals surface area contributed by atoms with E-state index in [1.54, 1.807) is 6.20 Å². The number of hydrogen-bond acceptors (Lipinski definition) is 4. The van der Waals surface area contributed by atoms with Crippen molar-refractivity contribution in [1.82, 2.24) is 14.9 Å². The van der Waals surface area contributed by atoms with E-state index in [-0.39, 0.29) is 12.2 Å². The van der Waals surface area contributed by atoms with Gasteiger partial charge in [-0.2, -0.15) is 0 Å². The van der Waals surface area contributed by atoms with Gasteiger partial charge in [0.05, 0.1) is 18.8 Å². The maximum absolute atomic E-state index is 5.72. The van der Waals surface area contributed by atoms with E-state index < -0.39 is 0 Å². The quantitative estimate of drug-likeness (QED) is 0.801. The summed E-state index contributed by atoms with van der Waals surface area (Å²) in [6.45, 7) is 5.01. The molecule has 1 N–H and O–H groups in total. The van der Waals surface area contributed by atoms with Gasteiger partial charge in [-0.25, -0.2) is 4.98 Å². The molecule has 0 aromatic carbocycles. The van der Waals surface area contributed by atoms with Gasteiger partial charge < -0.3 is 19.4 Å². The lowest BCUT2D eigenvalue weighted by Gasteiger charge is -2.28. The monoisotopic (exact) mass is 225 g/mol. The second kappa shape index (κ2) is 5.43. The van der Waals surface area contributed by atoms with Gasteiger partial charge >= 0.3 is 0 Å². The van der Waals surface area contributed by atoms with Crippen LogP contribution in [0.4, 0.5) is 0 Å². The van der Waals surface area contributed by atoms with E-state index in [2.05, 4.69) is 17.2 Å². The molecule has 16 heavy (non-hydrogen) atoms. The van der Waals surface area contributed by atoms with Gasteiger partial charge in [0.2, 0.25) is 0 Å². The van der Waals surface area contributed by atoms with Crippen molar-refractivity contribution in [3.05, 3.63) is 18.2 Å². The first-order valence-corrected chi connectivity index (χ1v) is 5.66. The van der Waals surface area contributed by atoms with Crippen molar-refractivity contribution in [2.75, 3.05) is 19.7 Å². The van der Waals surface area contributed by atoms with Crippen molar-refractivity contribution in [3.8, 4) is 0 Å². The van der Waals surface area contributed by atoms with Crippen LogP contribution in [0.2, 0.25) is 0 Å². The Morgan fingerprint density at radius 2 is 2.50 bits per heavy atom. The summed E-state index contributed by atoms with van der Waals surface area (Å²) in [6, 6.07) is 0. The Hall–Kier alpha value is -0.910. The Labute approximate surface area is 95.8 Å². The third-order valence-electron chi connectivity index (χ3n) is 2.68. The fourth-order valence-electron chi connectivity index (χ4n) is 1.79. The first kappa shape index (κ1) is 11.6. The largest absolute Gasteiger partial charge is 0.371 e. The maximum Gasteiger partial charge on any atom is 0.134 e. The van der Waals surface area contributed by atoms with Crippen LogP contribution in [0.5, 0.6) is 0 Å². The Bertz CT molecular complexity index is 327. The molecule has 2 heterocycles. The lowest BCUT2D eigenvalue weighted by Crippen LogP contribution is -2.45. The molecule has 0 spiro atoms. The summed E-state index contributed by atoms with van der Waals surface area (Å²) in [6.07, 6.45) is 4.12. The van der Waals surface area contributed by atoms with Crippen LogP contribution in [0.15, 0.2) is 12.4 Å². The van der Waals surface area contributed by atoms with Gasteiger partial charge in [0.1, 0.15) is 12.4 Å². The smallest absolute Gasteiger partial charge is 0.134 e. The van der Waals surface area contributed by atoms with E-state index in [9.17, 15) is 0 Å². The molecule has 1 aliphatic rings. The number of morpholine rings is 1. The lowest BCUT2D eigenvalue weighted by atomic mass is 10.2. The molecule has 0 saturated carbocycles. The lowest BCUT2D eigenvalue weighted by molar-refractivity contribution is -0.0725. The molecule has 0 amide bonds.